The number of nitro groups is 1. The molecule has 0 saturated heterocycles. The lowest BCUT2D eigenvalue weighted by Crippen LogP contribution is -2.26. The lowest BCUT2D eigenvalue weighted by molar-refractivity contribution is -0.386. The van der Waals surface area contributed by atoms with Gasteiger partial charge in [0.05, 0.1) is 11.5 Å². The number of ether oxygens (including phenoxy) is 2. The molecule has 1 aromatic carbocycles. The van der Waals surface area contributed by atoms with Gasteiger partial charge in [-0.3, -0.25) is 10.1 Å². The fraction of sp³-hybridized carbons (Fsp3) is 0.364. The predicted octanol–water partition coefficient (Wildman–Crippen LogP) is 1.93. The third-order valence-corrected chi connectivity index (χ3v) is 1.98. The number of benzene rings is 1. The number of carbonyl (C=O) groups is 1. The molecule has 17 heavy (non-hydrogen) atoms. The SMILES string of the molecule is CCOC(=O)[C@H](C)Oc1ccccc1[N+](=O)[O-]. The van der Waals surface area contributed by atoms with E-state index in [0.717, 1.165) is 0 Å². The second-order valence-electron chi connectivity index (χ2n) is 3.24. The Morgan fingerprint density at radius 3 is 2.71 bits per heavy atom. The Morgan fingerprint density at radius 1 is 1.47 bits per heavy atom. The standard InChI is InChI=1S/C11H13NO5/c1-3-16-11(13)8(2)17-10-7-5-4-6-9(10)12(14)15/h4-8H,3H2,1-2H3/t8-/m0/s1. The van der Waals surface area contributed by atoms with Gasteiger partial charge in [0.1, 0.15) is 0 Å². The molecule has 0 unspecified atom stereocenters. The van der Waals surface area contributed by atoms with E-state index in [0.29, 0.717) is 0 Å². The van der Waals surface area contributed by atoms with E-state index in [1.54, 1.807) is 13.0 Å². The first-order valence-electron chi connectivity index (χ1n) is 5.13. The number of hydrogen-bond acceptors (Lipinski definition) is 5. The molecule has 0 saturated carbocycles. The molecular formula is C11H13NO5. The van der Waals surface area contributed by atoms with E-state index in [-0.39, 0.29) is 18.0 Å². The van der Waals surface area contributed by atoms with Gasteiger partial charge in [0.2, 0.25) is 0 Å². The summed E-state index contributed by atoms with van der Waals surface area (Å²) in [5, 5.41) is 10.7. The number of nitrogens with zero attached hydrogens (tertiary/aromatic N) is 1. The van der Waals surface area contributed by atoms with Crippen LogP contribution in [0.5, 0.6) is 5.75 Å². The second kappa shape index (κ2) is 5.83. The van der Waals surface area contributed by atoms with E-state index < -0.39 is 17.0 Å². The first kappa shape index (κ1) is 13.0. The largest absolute Gasteiger partial charge is 0.472 e. The Morgan fingerprint density at radius 2 is 2.12 bits per heavy atom. The molecule has 92 valence electrons. The molecule has 0 N–H and O–H groups in total. The summed E-state index contributed by atoms with van der Waals surface area (Å²) in [6.45, 7) is 3.40. The summed E-state index contributed by atoms with van der Waals surface area (Å²) in [7, 11) is 0. The van der Waals surface area contributed by atoms with Crippen molar-refractivity contribution in [3.63, 3.8) is 0 Å². The minimum absolute atomic E-state index is 0.0538. The summed E-state index contributed by atoms with van der Waals surface area (Å²) in [6, 6.07) is 5.88. The summed E-state index contributed by atoms with van der Waals surface area (Å²) in [4.78, 5) is 21.5. The highest BCUT2D eigenvalue weighted by atomic mass is 16.6. The lowest BCUT2D eigenvalue weighted by Gasteiger charge is -2.12. The Balaban J connectivity index is 2.81. The van der Waals surface area contributed by atoms with Crippen LogP contribution in [0.1, 0.15) is 13.8 Å². The maximum atomic E-state index is 11.3. The van der Waals surface area contributed by atoms with Crippen molar-refractivity contribution in [1.82, 2.24) is 0 Å². The molecule has 0 aromatic heterocycles. The summed E-state index contributed by atoms with van der Waals surface area (Å²) in [6.07, 6.45) is -0.879. The van der Waals surface area contributed by atoms with Crippen molar-refractivity contribution in [2.24, 2.45) is 0 Å². The van der Waals surface area contributed by atoms with Crippen LogP contribution in [0.2, 0.25) is 0 Å². The van der Waals surface area contributed by atoms with Crippen molar-refractivity contribution in [2.45, 2.75) is 20.0 Å². The Labute approximate surface area is 98.3 Å². The molecule has 0 aliphatic heterocycles. The highest BCUT2D eigenvalue weighted by Gasteiger charge is 2.21. The first-order chi connectivity index (χ1) is 8.06. The van der Waals surface area contributed by atoms with E-state index in [1.165, 1.54) is 25.1 Å². The van der Waals surface area contributed by atoms with E-state index in [2.05, 4.69) is 0 Å². The smallest absolute Gasteiger partial charge is 0.347 e. The van der Waals surface area contributed by atoms with Crippen molar-refractivity contribution in [1.29, 1.82) is 0 Å². The molecule has 0 aliphatic carbocycles. The van der Waals surface area contributed by atoms with Crippen LogP contribution in [0.3, 0.4) is 0 Å². The number of esters is 1. The summed E-state index contributed by atoms with van der Waals surface area (Å²) >= 11 is 0. The van der Waals surface area contributed by atoms with Gasteiger partial charge in [-0.15, -0.1) is 0 Å². The fourth-order valence-corrected chi connectivity index (χ4v) is 1.21. The minimum Gasteiger partial charge on any atom is -0.472 e. The number of carbonyl (C=O) groups excluding carboxylic acids is 1. The van der Waals surface area contributed by atoms with Gasteiger partial charge in [0.15, 0.2) is 11.9 Å². The normalized spacial score (nSPS) is 11.6. The van der Waals surface area contributed by atoms with Gasteiger partial charge in [-0.2, -0.15) is 0 Å². The van der Waals surface area contributed by atoms with Crippen molar-refractivity contribution >= 4 is 11.7 Å². The van der Waals surface area contributed by atoms with Crippen molar-refractivity contribution in [2.75, 3.05) is 6.61 Å². The summed E-state index contributed by atoms with van der Waals surface area (Å²) in [5.74, 6) is -0.497. The monoisotopic (exact) mass is 239 g/mol. The molecule has 0 amide bonds. The van der Waals surface area contributed by atoms with Crippen LogP contribution in [0.15, 0.2) is 24.3 Å². The third kappa shape index (κ3) is 3.44. The van der Waals surface area contributed by atoms with Gasteiger partial charge >= 0.3 is 11.7 Å². The molecule has 6 nitrogen and oxygen atoms in total. The summed E-state index contributed by atoms with van der Waals surface area (Å²) in [5.41, 5.74) is -0.177. The zero-order valence-electron chi connectivity index (χ0n) is 9.58. The van der Waals surface area contributed by atoms with Gasteiger partial charge in [-0.05, 0) is 19.9 Å². The second-order valence-corrected chi connectivity index (χ2v) is 3.24. The lowest BCUT2D eigenvalue weighted by atomic mass is 10.3. The van der Waals surface area contributed by atoms with E-state index in [1.807, 2.05) is 0 Å². The number of hydrogen-bond donors (Lipinski definition) is 0. The van der Waals surface area contributed by atoms with Gasteiger partial charge in [0.25, 0.3) is 0 Å². The zero-order chi connectivity index (χ0) is 12.8. The van der Waals surface area contributed by atoms with Crippen LogP contribution < -0.4 is 4.74 Å². The highest BCUT2D eigenvalue weighted by Crippen LogP contribution is 2.26. The number of rotatable bonds is 5. The van der Waals surface area contributed by atoms with Crippen LogP contribution in [0.25, 0.3) is 0 Å². The molecule has 0 bridgehead atoms. The van der Waals surface area contributed by atoms with Crippen LogP contribution >= 0.6 is 0 Å². The van der Waals surface area contributed by atoms with Crippen LogP contribution in [0, 0.1) is 10.1 Å². The number of para-hydroxylation sites is 2. The molecule has 0 spiro atoms. The van der Waals surface area contributed by atoms with Crippen LogP contribution in [-0.4, -0.2) is 23.6 Å². The average Bonchev–Trinajstić information content (AvgIpc) is 2.29. The Bertz CT molecular complexity index is 418. The third-order valence-electron chi connectivity index (χ3n) is 1.98. The minimum atomic E-state index is -0.879. The molecule has 6 heteroatoms. The molecule has 0 fully saturated rings. The van der Waals surface area contributed by atoms with E-state index in [9.17, 15) is 14.9 Å². The average molecular weight is 239 g/mol. The van der Waals surface area contributed by atoms with Gasteiger partial charge in [-0.25, -0.2) is 4.79 Å². The molecule has 1 atom stereocenters. The highest BCUT2D eigenvalue weighted by molar-refractivity contribution is 5.74. The fourth-order valence-electron chi connectivity index (χ4n) is 1.21. The topological polar surface area (TPSA) is 78.7 Å². The molecule has 0 heterocycles. The first-order valence-corrected chi connectivity index (χ1v) is 5.13. The number of nitro benzene ring substituents is 1. The predicted molar refractivity (Wildman–Crippen MR) is 59.8 cm³/mol. The molecule has 1 rings (SSSR count). The van der Waals surface area contributed by atoms with Crippen molar-refractivity contribution in [3.05, 3.63) is 34.4 Å². The van der Waals surface area contributed by atoms with Gasteiger partial charge in [-0.1, -0.05) is 12.1 Å². The molecule has 0 aliphatic rings. The Kier molecular flexibility index (Phi) is 4.45. The van der Waals surface area contributed by atoms with Crippen molar-refractivity contribution < 1.29 is 19.2 Å². The Hall–Kier alpha value is -2.11. The zero-order valence-corrected chi connectivity index (χ0v) is 9.58. The van der Waals surface area contributed by atoms with E-state index in [4.69, 9.17) is 9.47 Å². The molecule has 1 aromatic rings. The molecular weight excluding hydrogens is 226 g/mol. The van der Waals surface area contributed by atoms with Crippen LogP contribution in [-0.2, 0) is 9.53 Å². The van der Waals surface area contributed by atoms with Gasteiger partial charge in [0, 0.05) is 6.07 Å². The van der Waals surface area contributed by atoms with Gasteiger partial charge < -0.3 is 9.47 Å². The van der Waals surface area contributed by atoms with Crippen LogP contribution in [0.4, 0.5) is 5.69 Å². The molecule has 0 radical (unpaired) electrons. The van der Waals surface area contributed by atoms with E-state index >= 15 is 0 Å². The quantitative estimate of drug-likeness (QED) is 0.445. The maximum Gasteiger partial charge on any atom is 0.347 e. The summed E-state index contributed by atoms with van der Waals surface area (Å²) < 4.78 is 9.95. The van der Waals surface area contributed by atoms with Crippen molar-refractivity contribution in [3.8, 4) is 5.75 Å². The maximum absolute atomic E-state index is 11.3.